The second kappa shape index (κ2) is 8.10. The van der Waals surface area contributed by atoms with E-state index in [4.69, 9.17) is 19.9 Å². The summed E-state index contributed by atoms with van der Waals surface area (Å²) >= 11 is 0. The van der Waals surface area contributed by atoms with Crippen LogP contribution in [0.3, 0.4) is 0 Å². The van der Waals surface area contributed by atoms with Gasteiger partial charge < -0.3 is 19.9 Å². The first-order chi connectivity index (χ1) is 7.88. The number of nitrogens with two attached hydrogens (primary N) is 1. The molecule has 0 spiro atoms. The fourth-order valence-corrected chi connectivity index (χ4v) is 1.27. The second-order valence-electron chi connectivity index (χ2n) is 3.27. The Labute approximate surface area is 96.3 Å². The van der Waals surface area contributed by atoms with Crippen LogP contribution in [0.2, 0.25) is 0 Å². The first kappa shape index (κ1) is 13.0. The Bertz CT molecular complexity index is 291. The molecule has 0 heterocycles. The van der Waals surface area contributed by atoms with Gasteiger partial charge >= 0.3 is 0 Å². The van der Waals surface area contributed by atoms with Crippen LogP contribution in [0, 0.1) is 0 Å². The van der Waals surface area contributed by atoms with Gasteiger partial charge in [-0.15, -0.1) is 0 Å². The molecule has 0 amide bonds. The molecule has 16 heavy (non-hydrogen) atoms. The van der Waals surface area contributed by atoms with Crippen molar-refractivity contribution >= 4 is 0 Å². The Kier molecular flexibility index (Phi) is 6.56. The first-order valence-corrected chi connectivity index (χ1v) is 5.36. The minimum Gasteiger partial charge on any atom is -0.491 e. The van der Waals surface area contributed by atoms with Gasteiger partial charge in [-0.2, -0.15) is 0 Å². The highest BCUT2D eigenvalue weighted by molar-refractivity contribution is 5.32. The van der Waals surface area contributed by atoms with Gasteiger partial charge in [-0.1, -0.05) is 18.2 Å². The van der Waals surface area contributed by atoms with Gasteiger partial charge in [0.2, 0.25) is 0 Å². The zero-order valence-electron chi connectivity index (χ0n) is 9.65. The number of hydrogen-bond donors (Lipinski definition) is 1. The van der Waals surface area contributed by atoms with Gasteiger partial charge in [0.15, 0.2) is 0 Å². The minimum absolute atomic E-state index is 0.487. The Balaban J connectivity index is 2.21. The Morgan fingerprint density at radius 2 is 1.81 bits per heavy atom. The SMILES string of the molecule is COCCOCCOc1ccccc1CN. The summed E-state index contributed by atoms with van der Waals surface area (Å²) in [5.74, 6) is 0.834. The molecular weight excluding hydrogens is 206 g/mol. The quantitative estimate of drug-likeness (QED) is 0.675. The number of ether oxygens (including phenoxy) is 3. The minimum atomic E-state index is 0.487. The van der Waals surface area contributed by atoms with Crippen molar-refractivity contribution in [3.63, 3.8) is 0 Å². The molecule has 0 fully saturated rings. The molecule has 4 heteroatoms. The first-order valence-electron chi connectivity index (χ1n) is 5.36. The second-order valence-corrected chi connectivity index (χ2v) is 3.27. The number of hydrogen-bond acceptors (Lipinski definition) is 4. The highest BCUT2D eigenvalue weighted by atomic mass is 16.5. The lowest BCUT2D eigenvalue weighted by atomic mass is 10.2. The van der Waals surface area contributed by atoms with Crippen LogP contribution in [0.25, 0.3) is 0 Å². The molecule has 4 nitrogen and oxygen atoms in total. The van der Waals surface area contributed by atoms with E-state index in [0.717, 1.165) is 11.3 Å². The standard InChI is InChI=1S/C12H19NO3/c1-14-6-7-15-8-9-16-12-5-3-2-4-11(12)10-13/h2-5H,6-10,13H2,1H3. The normalized spacial score (nSPS) is 10.4. The molecule has 0 aromatic heterocycles. The summed E-state index contributed by atoms with van der Waals surface area (Å²) in [5.41, 5.74) is 6.61. The third-order valence-corrected chi connectivity index (χ3v) is 2.11. The number of para-hydroxylation sites is 1. The van der Waals surface area contributed by atoms with Crippen LogP contribution in [0.1, 0.15) is 5.56 Å². The molecule has 1 aromatic rings. The van der Waals surface area contributed by atoms with Crippen molar-refractivity contribution in [1.29, 1.82) is 0 Å². The smallest absolute Gasteiger partial charge is 0.123 e. The van der Waals surface area contributed by atoms with Crippen molar-refractivity contribution in [3.8, 4) is 5.75 Å². The largest absolute Gasteiger partial charge is 0.491 e. The molecule has 0 aliphatic heterocycles. The van der Waals surface area contributed by atoms with Crippen molar-refractivity contribution in [1.82, 2.24) is 0 Å². The summed E-state index contributed by atoms with van der Waals surface area (Å²) in [6.07, 6.45) is 0. The van der Waals surface area contributed by atoms with Crippen LogP contribution >= 0.6 is 0 Å². The van der Waals surface area contributed by atoms with Gasteiger partial charge in [-0.05, 0) is 6.07 Å². The molecule has 0 aliphatic rings. The van der Waals surface area contributed by atoms with E-state index in [-0.39, 0.29) is 0 Å². The van der Waals surface area contributed by atoms with E-state index in [1.54, 1.807) is 7.11 Å². The van der Waals surface area contributed by atoms with Crippen LogP contribution in [-0.4, -0.2) is 33.5 Å². The lowest BCUT2D eigenvalue weighted by Crippen LogP contribution is -2.11. The monoisotopic (exact) mass is 225 g/mol. The molecule has 0 saturated carbocycles. The van der Waals surface area contributed by atoms with Crippen molar-refractivity contribution < 1.29 is 14.2 Å². The topological polar surface area (TPSA) is 53.7 Å². The van der Waals surface area contributed by atoms with Gasteiger partial charge in [0.05, 0.1) is 19.8 Å². The fraction of sp³-hybridized carbons (Fsp3) is 0.500. The van der Waals surface area contributed by atoms with Gasteiger partial charge in [-0.25, -0.2) is 0 Å². The molecule has 1 aromatic carbocycles. The summed E-state index contributed by atoms with van der Waals surface area (Å²) in [6, 6.07) is 7.75. The predicted octanol–water partition coefficient (Wildman–Crippen LogP) is 1.19. The van der Waals surface area contributed by atoms with E-state index in [2.05, 4.69) is 0 Å². The van der Waals surface area contributed by atoms with Crippen LogP contribution in [0.15, 0.2) is 24.3 Å². The third-order valence-electron chi connectivity index (χ3n) is 2.11. The lowest BCUT2D eigenvalue weighted by molar-refractivity contribution is 0.0543. The maximum Gasteiger partial charge on any atom is 0.123 e. The maximum atomic E-state index is 5.59. The van der Waals surface area contributed by atoms with Crippen molar-refractivity contribution in [2.24, 2.45) is 5.73 Å². The predicted molar refractivity (Wildman–Crippen MR) is 62.5 cm³/mol. The van der Waals surface area contributed by atoms with Gasteiger partial charge in [0.1, 0.15) is 12.4 Å². The summed E-state index contributed by atoms with van der Waals surface area (Å²) < 4.78 is 15.7. The molecule has 1 rings (SSSR count). The zero-order valence-corrected chi connectivity index (χ0v) is 9.65. The van der Waals surface area contributed by atoms with E-state index in [9.17, 15) is 0 Å². The van der Waals surface area contributed by atoms with Gasteiger partial charge in [0, 0.05) is 19.2 Å². The average Bonchev–Trinajstić information content (AvgIpc) is 2.34. The van der Waals surface area contributed by atoms with E-state index in [1.807, 2.05) is 24.3 Å². The number of benzene rings is 1. The van der Waals surface area contributed by atoms with Crippen molar-refractivity contribution in [3.05, 3.63) is 29.8 Å². The van der Waals surface area contributed by atoms with Crippen LogP contribution in [0.5, 0.6) is 5.75 Å². The Morgan fingerprint density at radius 1 is 1.06 bits per heavy atom. The molecule has 0 radical (unpaired) electrons. The van der Waals surface area contributed by atoms with Gasteiger partial charge in [-0.3, -0.25) is 0 Å². The average molecular weight is 225 g/mol. The van der Waals surface area contributed by atoms with Crippen molar-refractivity contribution in [2.45, 2.75) is 6.54 Å². The summed E-state index contributed by atoms with van der Waals surface area (Å²) in [5, 5.41) is 0. The molecule has 0 unspecified atom stereocenters. The highest BCUT2D eigenvalue weighted by Crippen LogP contribution is 2.16. The van der Waals surface area contributed by atoms with Crippen LogP contribution < -0.4 is 10.5 Å². The molecule has 0 atom stereocenters. The summed E-state index contributed by atoms with van der Waals surface area (Å²) in [7, 11) is 1.65. The van der Waals surface area contributed by atoms with E-state index < -0.39 is 0 Å². The Morgan fingerprint density at radius 3 is 2.56 bits per heavy atom. The molecule has 2 N–H and O–H groups in total. The van der Waals surface area contributed by atoms with E-state index in [1.165, 1.54) is 0 Å². The third kappa shape index (κ3) is 4.61. The highest BCUT2D eigenvalue weighted by Gasteiger charge is 1.99. The number of methoxy groups -OCH3 is 1. The lowest BCUT2D eigenvalue weighted by Gasteiger charge is -2.10. The van der Waals surface area contributed by atoms with Gasteiger partial charge in [0.25, 0.3) is 0 Å². The van der Waals surface area contributed by atoms with Crippen molar-refractivity contribution in [2.75, 3.05) is 33.5 Å². The molecule has 0 saturated heterocycles. The molecule has 0 aliphatic carbocycles. The fourth-order valence-electron chi connectivity index (χ4n) is 1.27. The summed E-state index contributed by atoms with van der Waals surface area (Å²) in [6.45, 7) is 2.78. The Hall–Kier alpha value is -1.10. The molecule has 0 bridgehead atoms. The van der Waals surface area contributed by atoms with Crippen LogP contribution in [-0.2, 0) is 16.0 Å². The van der Waals surface area contributed by atoms with E-state index in [0.29, 0.717) is 33.0 Å². The van der Waals surface area contributed by atoms with Crippen LogP contribution in [0.4, 0.5) is 0 Å². The van der Waals surface area contributed by atoms with E-state index >= 15 is 0 Å². The molecule has 90 valence electrons. The summed E-state index contributed by atoms with van der Waals surface area (Å²) in [4.78, 5) is 0. The maximum absolute atomic E-state index is 5.59. The molecular formula is C12H19NO3. The number of rotatable bonds is 8. The zero-order chi connectivity index (χ0) is 11.6.